The number of terminal acetylenes is 1. The minimum absolute atomic E-state index is 0.0908. The second-order valence-electron chi connectivity index (χ2n) is 8.78. The first-order chi connectivity index (χ1) is 16.5. The average molecular weight is 458 g/mol. The first-order valence-corrected chi connectivity index (χ1v) is 11.5. The maximum absolute atomic E-state index is 12.9. The Labute approximate surface area is 197 Å². The minimum atomic E-state index is -0.241. The number of hydrogen-bond acceptors (Lipinski definition) is 7. The van der Waals surface area contributed by atoms with Crippen LogP contribution in [0.15, 0.2) is 35.3 Å². The highest BCUT2D eigenvalue weighted by Gasteiger charge is 2.19. The fraction of sp³-hybridized carbons (Fsp3) is 0.360. The van der Waals surface area contributed by atoms with E-state index in [9.17, 15) is 9.59 Å². The van der Waals surface area contributed by atoms with Crippen LogP contribution in [0.4, 0.5) is 23.0 Å². The van der Waals surface area contributed by atoms with Crippen molar-refractivity contribution in [1.82, 2.24) is 19.4 Å². The van der Waals surface area contributed by atoms with Crippen LogP contribution < -0.4 is 21.1 Å². The van der Waals surface area contributed by atoms with Gasteiger partial charge < -0.3 is 20.4 Å². The quantitative estimate of drug-likeness (QED) is 0.542. The number of aromatic nitrogens is 3. The molecular formula is C25H27N7O2. The molecule has 0 atom stereocenters. The smallest absolute Gasteiger partial charge is 0.253 e. The van der Waals surface area contributed by atoms with Crippen molar-refractivity contribution in [2.45, 2.75) is 25.8 Å². The predicted molar refractivity (Wildman–Crippen MR) is 134 cm³/mol. The van der Waals surface area contributed by atoms with Crippen molar-refractivity contribution >= 4 is 40.0 Å². The molecule has 0 aliphatic carbocycles. The summed E-state index contributed by atoms with van der Waals surface area (Å²) in [5, 5.41) is 6.95. The molecule has 1 saturated heterocycles. The summed E-state index contributed by atoms with van der Waals surface area (Å²) in [6, 6.07) is 7.32. The highest BCUT2D eigenvalue weighted by Crippen LogP contribution is 2.31. The number of nitrogens with zero attached hydrogens (tertiary/aromatic N) is 5. The van der Waals surface area contributed by atoms with E-state index < -0.39 is 0 Å². The SMILES string of the molecule is C#Cc1cc(=O)n2c3nc(ncc13)Nc1ccc(N3CCCN(C)CC3)c(c1)NC(=O)CCC2. The number of pyridine rings is 1. The second kappa shape index (κ2) is 9.15. The van der Waals surface area contributed by atoms with E-state index in [1.54, 1.807) is 10.8 Å². The number of nitrogens with one attached hydrogen (secondary N) is 2. The molecule has 9 heteroatoms. The van der Waals surface area contributed by atoms with Crippen LogP contribution in [0.1, 0.15) is 24.8 Å². The van der Waals surface area contributed by atoms with Crippen molar-refractivity contribution < 1.29 is 4.79 Å². The van der Waals surface area contributed by atoms with Crippen molar-refractivity contribution in [3.8, 4) is 12.3 Å². The Kier molecular flexibility index (Phi) is 5.90. The molecule has 0 unspecified atom stereocenters. The van der Waals surface area contributed by atoms with Gasteiger partial charge in [-0.1, -0.05) is 5.92 Å². The van der Waals surface area contributed by atoms with Gasteiger partial charge in [-0.3, -0.25) is 14.2 Å². The van der Waals surface area contributed by atoms with Gasteiger partial charge in [-0.15, -0.1) is 6.42 Å². The van der Waals surface area contributed by atoms with Gasteiger partial charge in [0.1, 0.15) is 5.65 Å². The zero-order valence-electron chi connectivity index (χ0n) is 19.2. The van der Waals surface area contributed by atoms with Gasteiger partial charge in [0, 0.05) is 56.1 Å². The molecule has 1 amide bonds. The maximum Gasteiger partial charge on any atom is 0.253 e. The molecule has 0 radical (unpaired) electrons. The van der Waals surface area contributed by atoms with Gasteiger partial charge in [0.2, 0.25) is 11.9 Å². The highest BCUT2D eigenvalue weighted by atomic mass is 16.1. The number of carbonyl (C=O) groups is 1. The van der Waals surface area contributed by atoms with Crippen LogP contribution in [0.2, 0.25) is 0 Å². The summed E-state index contributed by atoms with van der Waals surface area (Å²) in [4.78, 5) is 39.3. The Morgan fingerprint density at radius 1 is 1.03 bits per heavy atom. The topological polar surface area (TPSA) is 95.4 Å². The predicted octanol–water partition coefficient (Wildman–Crippen LogP) is 2.39. The van der Waals surface area contributed by atoms with Gasteiger partial charge in [0.15, 0.2) is 0 Å². The highest BCUT2D eigenvalue weighted by molar-refractivity contribution is 5.95. The van der Waals surface area contributed by atoms with Crippen LogP contribution >= 0.6 is 0 Å². The number of benzene rings is 1. The normalized spacial score (nSPS) is 17.1. The minimum Gasteiger partial charge on any atom is -0.369 e. The summed E-state index contributed by atoms with van der Waals surface area (Å²) in [5.74, 6) is 2.81. The van der Waals surface area contributed by atoms with E-state index in [0.717, 1.165) is 49.7 Å². The van der Waals surface area contributed by atoms with Crippen LogP contribution in [-0.2, 0) is 11.3 Å². The Balaban J connectivity index is 1.57. The number of hydrogen-bond donors (Lipinski definition) is 2. The third-order valence-corrected chi connectivity index (χ3v) is 6.38. The van der Waals surface area contributed by atoms with Gasteiger partial charge >= 0.3 is 0 Å². The Morgan fingerprint density at radius 2 is 1.91 bits per heavy atom. The Hall–Kier alpha value is -3.90. The molecule has 2 aromatic heterocycles. The molecule has 9 nitrogen and oxygen atoms in total. The molecule has 3 aromatic rings. The molecule has 2 aliphatic heterocycles. The van der Waals surface area contributed by atoms with Gasteiger partial charge in [0.05, 0.1) is 16.8 Å². The van der Waals surface area contributed by atoms with Crippen LogP contribution in [0.3, 0.4) is 0 Å². The van der Waals surface area contributed by atoms with Gasteiger partial charge in [-0.05, 0) is 44.6 Å². The molecule has 4 heterocycles. The molecule has 1 fully saturated rings. The standard InChI is InChI=1S/C25H27N7O2/c1-3-17-14-23(34)32-11-4-6-22(33)28-20-15-18(27-25-26-16-19(17)24(32)29-25)7-8-21(20)31-10-5-9-30(2)12-13-31/h1,7-8,14-16H,4-6,9-13H2,2H3,(H,28,33)(H,26,27,29). The van der Waals surface area contributed by atoms with Crippen LogP contribution in [0, 0.1) is 12.3 Å². The fourth-order valence-corrected chi connectivity index (χ4v) is 4.56. The molecule has 5 rings (SSSR count). The van der Waals surface area contributed by atoms with Crippen molar-refractivity contribution in [1.29, 1.82) is 0 Å². The van der Waals surface area contributed by atoms with Gasteiger partial charge in [-0.2, -0.15) is 4.98 Å². The summed E-state index contributed by atoms with van der Waals surface area (Å²) in [6.45, 7) is 4.19. The summed E-state index contributed by atoms with van der Waals surface area (Å²) in [6.07, 6.45) is 9.08. The zero-order chi connectivity index (χ0) is 23.7. The monoisotopic (exact) mass is 457 g/mol. The molecule has 0 saturated carbocycles. The molecule has 34 heavy (non-hydrogen) atoms. The zero-order valence-corrected chi connectivity index (χ0v) is 19.2. The molecule has 4 bridgehead atoms. The fourth-order valence-electron chi connectivity index (χ4n) is 4.56. The van der Waals surface area contributed by atoms with Gasteiger partial charge in [0.25, 0.3) is 5.56 Å². The molecule has 2 N–H and O–H groups in total. The van der Waals surface area contributed by atoms with E-state index in [4.69, 9.17) is 6.42 Å². The van der Waals surface area contributed by atoms with Crippen molar-refractivity contribution in [2.24, 2.45) is 0 Å². The Morgan fingerprint density at radius 3 is 2.76 bits per heavy atom. The maximum atomic E-state index is 12.9. The largest absolute Gasteiger partial charge is 0.369 e. The van der Waals surface area contributed by atoms with Crippen LogP contribution in [0.25, 0.3) is 11.0 Å². The van der Waals surface area contributed by atoms with Crippen molar-refractivity contribution in [2.75, 3.05) is 48.8 Å². The Bertz CT molecular complexity index is 1360. The number of carbonyl (C=O) groups excluding carboxylic acids is 1. The number of aryl methyl sites for hydroxylation is 1. The lowest BCUT2D eigenvalue weighted by Crippen LogP contribution is -2.29. The molecular weight excluding hydrogens is 430 g/mol. The van der Waals surface area contributed by atoms with E-state index in [1.807, 2.05) is 18.2 Å². The first-order valence-electron chi connectivity index (χ1n) is 11.5. The van der Waals surface area contributed by atoms with Crippen LogP contribution in [-0.4, -0.2) is 58.6 Å². The van der Waals surface area contributed by atoms with Crippen molar-refractivity contribution in [3.05, 3.63) is 46.4 Å². The number of amides is 1. The second-order valence-corrected chi connectivity index (χ2v) is 8.78. The van der Waals surface area contributed by atoms with Gasteiger partial charge in [-0.25, -0.2) is 4.98 Å². The lowest BCUT2D eigenvalue weighted by Gasteiger charge is -2.26. The van der Waals surface area contributed by atoms with E-state index in [2.05, 4.69) is 43.4 Å². The van der Waals surface area contributed by atoms with E-state index in [0.29, 0.717) is 35.5 Å². The van der Waals surface area contributed by atoms with Crippen molar-refractivity contribution in [3.63, 3.8) is 0 Å². The van der Waals surface area contributed by atoms with E-state index >= 15 is 0 Å². The average Bonchev–Trinajstić information content (AvgIpc) is 3.04. The molecule has 174 valence electrons. The number of anilines is 4. The number of rotatable bonds is 1. The van der Waals surface area contributed by atoms with Crippen LogP contribution in [0.5, 0.6) is 0 Å². The number of likely N-dealkylation sites (N-methyl/N-ethyl adjacent to an activating group) is 1. The summed E-state index contributed by atoms with van der Waals surface area (Å²) in [5.41, 5.74) is 3.17. The molecule has 0 spiro atoms. The van der Waals surface area contributed by atoms with E-state index in [1.165, 1.54) is 6.07 Å². The lowest BCUT2D eigenvalue weighted by molar-refractivity contribution is -0.116. The molecule has 1 aromatic carbocycles. The third-order valence-electron chi connectivity index (χ3n) is 6.38. The van der Waals surface area contributed by atoms with E-state index in [-0.39, 0.29) is 17.9 Å². The number of fused-ring (bicyclic) bond motifs is 3. The third kappa shape index (κ3) is 4.32. The summed E-state index contributed by atoms with van der Waals surface area (Å²) in [7, 11) is 2.13. The lowest BCUT2D eigenvalue weighted by atomic mass is 10.2. The molecule has 2 aliphatic rings. The summed E-state index contributed by atoms with van der Waals surface area (Å²) < 4.78 is 1.56. The first kappa shape index (κ1) is 21.9. The summed E-state index contributed by atoms with van der Waals surface area (Å²) >= 11 is 0.